The first-order valence-corrected chi connectivity index (χ1v) is 13.5. The van der Waals surface area contributed by atoms with Gasteiger partial charge in [-0.1, -0.05) is 30.0 Å². The van der Waals surface area contributed by atoms with E-state index in [0.717, 1.165) is 54.3 Å². The van der Waals surface area contributed by atoms with Crippen molar-refractivity contribution in [2.45, 2.75) is 37.6 Å². The van der Waals surface area contributed by atoms with E-state index in [2.05, 4.69) is 19.1 Å². The average Bonchev–Trinajstić information content (AvgIpc) is 3.40. The fourth-order valence-corrected chi connectivity index (χ4v) is 6.47. The Morgan fingerprint density at radius 3 is 2.41 bits per heavy atom. The SMILES string of the molecule is CCC(/C=C1\Sc2cc(OC)ccc2N1CCC(=O)O)=C\c1sc2cc(OC)ccc2[n+]1CCC(=O)O. The van der Waals surface area contributed by atoms with Crippen LogP contribution >= 0.6 is 23.1 Å². The molecule has 10 heteroatoms. The monoisotopic (exact) mass is 541 g/mol. The molecule has 0 amide bonds. The molecule has 0 saturated heterocycles. The summed E-state index contributed by atoms with van der Waals surface area (Å²) >= 11 is 3.17. The van der Waals surface area contributed by atoms with Crippen molar-refractivity contribution in [3.63, 3.8) is 0 Å². The molecule has 0 saturated carbocycles. The zero-order chi connectivity index (χ0) is 26.5. The molecule has 1 aromatic heterocycles. The zero-order valence-electron chi connectivity index (χ0n) is 20.9. The first kappa shape index (κ1) is 26.6. The Morgan fingerprint density at radius 2 is 1.73 bits per heavy atom. The van der Waals surface area contributed by atoms with Crippen LogP contribution in [-0.2, 0) is 16.1 Å². The topological polar surface area (TPSA) is 100 Å². The van der Waals surface area contributed by atoms with Gasteiger partial charge in [0.25, 0.3) is 5.01 Å². The van der Waals surface area contributed by atoms with Crippen molar-refractivity contribution in [2.24, 2.45) is 0 Å². The minimum atomic E-state index is -0.849. The van der Waals surface area contributed by atoms with Gasteiger partial charge in [0, 0.05) is 29.6 Å². The van der Waals surface area contributed by atoms with E-state index in [4.69, 9.17) is 9.47 Å². The van der Waals surface area contributed by atoms with Crippen molar-refractivity contribution >= 4 is 57.0 Å². The smallest absolute Gasteiger partial charge is 0.309 e. The quantitative estimate of drug-likeness (QED) is 0.311. The third-order valence-corrected chi connectivity index (χ3v) is 8.19. The Labute approximate surface area is 223 Å². The van der Waals surface area contributed by atoms with Gasteiger partial charge in [-0.05, 0) is 42.3 Å². The second-order valence-electron chi connectivity index (χ2n) is 8.36. The number of ether oxygens (including phenoxy) is 2. The van der Waals surface area contributed by atoms with E-state index >= 15 is 0 Å². The first-order chi connectivity index (χ1) is 17.8. The summed E-state index contributed by atoms with van der Waals surface area (Å²) in [6.45, 7) is 2.77. The standard InChI is InChI=1S/C27H28N2O6S2/c1-4-17(13-24-28(11-9-26(30)31)20-7-5-18(34-2)15-22(20)36-24)14-25-29(12-10-27(32)33)21-8-6-19(35-3)16-23(21)37-25/h5-8,13-16H,4,9-12H2,1-3H3,(H-,30,31,32,33)/p+1. The Bertz CT molecular complexity index is 1400. The number of methoxy groups -OCH3 is 2. The molecule has 2 aromatic carbocycles. The lowest BCUT2D eigenvalue weighted by atomic mass is 10.2. The number of hydrogen-bond acceptors (Lipinski definition) is 7. The molecule has 0 bridgehead atoms. The lowest BCUT2D eigenvalue weighted by molar-refractivity contribution is -0.667. The number of carboxylic acids is 2. The predicted molar refractivity (Wildman–Crippen MR) is 146 cm³/mol. The number of aromatic nitrogens is 1. The van der Waals surface area contributed by atoms with Gasteiger partial charge in [0.05, 0.1) is 31.4 Å². The summed E-state index contributed by atoms with van der Waals surface area (Å²) in [6.07, 6.45) is 4.95. The van der Waals surface area contributed by atoms with E-state index in [0.29, 0.717) is 13.1 Å². The molecule has 1 aliphatic heterocycles. The van der Waals surface area contributed by atoms with Crippen LogP contribution in [0.2, 0.25) is 0 Å². The number of carbonyl (C=O) groups is 2. The van der Waals surface area contributed by atoms with Crippen molar-refractivity contribution < 1.29 is 33.8 Å². The van der Waals surface area contributed by atoms with Gasteiger partial charge < -0.3 is 24.6 Å². The fourth-order valence-electron chi connectivity index (χ4n) is 4.08. The number of carboxylic acid groups (broad SMARTS) is 2. The van der Waals surface area contributed by atoms with Crippen molar-refractivity contribution in [1.29, 1.82) is 0 Å². The third kappa shape index (κ3) is 6.08. The Kier molecular flexibility index (Phi) is 8.40. The summed E-state index contributed by atoms with van der Waals surface area (Å²) < 4.78 is 13.8. The molecule has 1 aliphatic rings. The van der Waals surface area contributed by atoms with Gasteiger partial charge in [-0.3, -0.25) is 9.59 Å². The van der Waals surface area contributed by atoms with Gasteiger partial charge in [-0.2, -0.15) is 4.57 Å². The van der Waals surface area contributed by atoms with Crippen molar-refractivity contribution in [3.05, 3.63) is 58.1 Å². The molecule has 0 aliphatic carbocycles. The number of thioether (sulfide) groups is 1. The normalized spacial score (nSPS) is 14.3. The maximum atomic E-state index is 11.3. The van der Waals surface area contributed by atoms with Gasteiger partial charge in [-0.15, -0.1) is 0 Å². The molecular weight excluding hydrogens is 512 g/mol. The summed E-state index contributed by atoms with van der Waals surface area (Å²) in [7, 11) is 3.25. The van der Waals surface area contributed by atoms with Crippen LogP contribution in [0.15, 0.2) is 58.0 Å². The molecule has 0 atom stereocenters. The number of benzene rings is 2. The highest BCUT2D eigenvalue weighted by molar-refractivity contribution is 8.03. The maximum Gasteiger partial charge on any atom is 0.309 e. The Morgan fingerprint density at radius 1 is 1.03 bits per heavy atom. The van der Waals surface area contributed by atoms with E-state index in [1.165, 1.54) is 0 Å². The largest absolute Gasteiger partial charge is 0.497 e. The van der Waals surface area contributed by atoms with Crippen LogP contribution in [0, 0.1) is 0 Å². The lowest BCUT2D eigenvalue weighted by Gasteiger charge is -2.20. The van der Waals surface area contributed by atoms with Gasteiger partial charge in [0.2, 0.25) is 5.52 Å². The van der Waals surface area contributed by atoms with Gasteiger partial charge in [0.15, 0.2) is 6.54 Å². The number of aliphatic carboxylic acids is 2. The summed E-state index contributed by atoms with van der Waals surface area (Å²) in [5.74, 6) is -0.204. The summed E-state index contributed by atoms with van der Waals surface area (Å²) in [4.78, 5) is 25.7. The number of fused-ring (bicyclic) bond motifs is 2. The molecule has 0 fully saturated rings. The minimum absolute atomic E-state index is 0.0158. The molecule has 37 heavy (non-hydrogen) atoms. The number of aryl methyl sites for hydroxylation is 1. The fraction of sp³-hybridized carbons (Fsp3) is 0.296. The van der Waals surface area contributed by atoms with Crippen LogP contribution in [0.25, 0.3) is 16.3 Å². The number of hydrogen-bond donors (Lipinski definition) is 2. The highest BCUT2D eigenvalue weighted by Gasteiger charge is 2.27. The second-order valence-corrected chi connectivity index (χ2v) is 10.5. The van der Waals surface area contributed by atoms with E-state index in [1.807, 2.05) is 45.9 Å². The molecule has 3 aromatic rings. The highest BCUT2D eigenvalue weighted by atomic mass is 32.2. The molecule has 194 valence electrons. The number of allylic oxidation sites excluding steroid dienone is 2. The van der Waals surface area contributed by atoms with E-state index in [9.17, 15) is 19.8 Å². The summed E-state index contributed by atoms with van der Waals surface area (Å²) in [5, 5.41) is 20.5. The van der Waals surface area contributed by atoms with Crippen LogP contribution in [0.4, 0.5) is 5.69 Å². The summed E-state index contributed by atoms with van der Waals surface area (Å²) in [5.41, 5.74) is 2.96. The van der Waals surface area contributed by atoms with E-state index in [1.54, 1.807) is 37.3 Å². The van der Waals surface area contributed by atoms with Crippen LogP contribution < -0.4 is 18.9 Å². The Balaban J connectivity index is 1.75. The van der Waals surface area contributed by atoms with Crippen LogP contribution in [-0.4, -0.2) is 42.9 Å². The van der Waals surface area contributed by atoms with Crippen molar-refractivity contribution in [2.75, 3.05) is 25.7 Å². The molecule has 8 nitrogen and oxygen atoms in total. The molecule has 0 unspecified atom stereocenters. The second kappa shape index (κ2) is 11.7. The third-order valence-electron chi connectivity index (χ3n) is 6.00. The molecule has 0 spiro atoms. The van der Waals surface area contributed by atoms with E-state index in [-0.39, 0.29) is 12.8 Å². The van der Waals surface area contributed by atoms with Gasteiger partial charge in [-0.25, -0.2) is 0 Å². The summed E-state index contributed by atoms with van der Waals surface area (Å²) in [6, 6.07) is 11.6. The number of rotatable bonds is 11. The minimum Gasteiger partial charge on any atom is -0.497 e. The molecular formula is C27H29N2O6S2+. The van der Waals surface area contributed by atoms with Crippen LogP contribution in [0.5, 0.6) is 11.5 Å². The van der Waals surface area contributed by atoms with Gasteiger partial charge in [0.1, 0.15) is 22.6 Å². The molecule has 0 radical (unpaired) electrons. The van der Waals surface area contributed by atoms with Crippen LogP contribution in [0.1, 0.15) is 31.2 Å². The van der Waals surface area contributed by atoms with E-state index < -0.39 is 11.9 Å². The predicted octanol–water partition coefficient (Wildman–Crippen LogP) is 5.40. The zero-order valence-corrected chi connectivity index (χ0v) is 22.5. The number of nitrogens with zero attached hydrogens (tertiary/aromatic N) is 2. The number of thiazole rings is 1. The van der Waals surface area contributed by atoms with Gasteiger partial charge >= 0.3 is 11.9 Å². The average molecular weight is 542 g/mol. The first-order valence-electron chi connectivity index (χ1n) is 11.8. The highest BCUT2D eigenvalue weighted by Crippen LogP contribution is 2.48. The number of anilines is 1. The lowest BCUT2D eigenvalue weighted by Crippen LogP contribution is -2.36. The van der Waals surface area contributed by atoms with Crippen LogP contribution in [0.3, 0.4) is 0 Å². The molecule has 4 rings (SSSR count). The Hall–Kier alpha value is -3.50. The van der Waals surface area contributed by atoms with Crippen molar-refractivity contribution in [1.82, 2.24) is 0 Å². The molecule has 2 heterocycles. The maximum absolute atomic E-state index is 11.3. The molecule has 2 N–H and O–H groups in total. The van der Waals surface area contributed by atoms with Crippen molar-refractivity contribution in [3.8, 4) is 11.5 Å².